The molecule has 1 aliphatic rings. The van der Waals surface area contributed by atoms with Gasteiger partial charge in [0.15, 0.2) is 5.70 Å². The summed E-state index contributed by atoms with van der Waals surface area (Å²) < 4.78 is 10.7. The molecule has 0 aliphatic carbocycles. The van der Waals surface area contributed by atoms with E-state index in [9.17, 15) is 4.79 Å². The summed E-state index contributed by atoms with van der Waals surface area (Å²) in [6.45, 7) is 4.52. The van der Waals surface area contributed by atoms with Crippen molar-refractivity contribution < 1.29 is 14.3 Å². The molecule has 0 bridgehead atoms. The molecule has 0 saturated carbocycles. The minimum atomic E-state index is -0.433. The Labute approximate surface area is 135 Å². The third kappa shape index (κ3) is 3.31. The van der Waals surface area contributed by atoms with E-state index < -0.39 is 5.97 Å². The Bertz CT molecular complexity index is 789. The molecule has 23 heavy (non-hydrogen) atoms. The molecule has 0 radical (unpaired) electrons. The predicted octanol–water partition coefficient (Wildman–Crippen LogP) is 3.74. The molecule has 0 atom stereocenters. The summed E-state index contributed by atoms with van der Waals surface area (Å²) in [7, 11) is 0. The fraction of sp³-hybridized carbons (Fsp3) is 0.158. The first-order valence-electron chi connectivity index (χ1n) is 7.49. The van der Waals surface area contributed by atoms with Crippen molar-refractivity contribution in [3.05, 3.63) is 70.9 Å². The molecule has 1 heterocycles. The van der Waals surface area contributed by atoms with Gasteiger partial charge in [0.1, 0.15) is 5.75 Å². The lowest BCUT2D eigenvalue weighted by Gasteiger charge is -2.02. The Morgan fingerprint density at radius 2 is 1.87 bits per heavy atom. The van der Waals surface area contributed by atoms with E-state index in [1.807, 2.05) is 62.4 Å². The fourth-order valence-electron chi connectivity index (χ4n) is 2.32. The van der Waals surface area contributed by atoms with Gasteiger partial charge in [-0.05, 0) is 49.2 Å². The number of nitrogens with zero attached hydrogens (tertiary/aromatic N) is 1. The monoisotopic (exact) mass is 307 g/mol. The summed E-state index contributed by atoms with van der Waals surface area (Å²) in [5.41, 5.74) is 3.01. The summed E-state index contributed by atoms with van der Waals surface area (Å²) in [6.07, 6.45) is 1.71. The van der Waals surface area contributed by atoms with Gasteiger partial charge in [0.25, 0.3) is 0 Å². The Morgan fingerprint density at radius 3 is 2.57 bits per heavy atom. The molecule has 3 rings (SSSR count). The second-order valence-corrected chi connectivity index (χ2v) is 5.15. The molecular weight excluding hydrogens is 290 g/mol. The van der Waals surface area contributed by atoms with Gasteiger partial charge in [0.05, 0.1) is 6.61 Å². The number of aliphatic imine (C=N–C) groups is 1. The molecule has 0 unspecified atom stereocenters. The van der Waals surface area contributed by atoms with Crippen molar-refractivity contribution in [2.75, 3.05) is 6.61 Å². The lowest BCUT2D eigenvalue weighted by molar-refractivity contribution is -0.129. The van der Waals surface area contributed by atoms with Gasteiger partial charge in [-0.2, -0.15) is 0 Å². The average molecular weight is 307 g/mol. The summed E-state index contributed by atoms with van der Waals surface area (Å²) in [4.78, 5) is 16.3. The third-order valence-electron chi connectivity index (χ3n) is 3.49. The molecule has 0 amide bonds. The van der Waals surface area contributed by atoms with Crippen LogP contribution in [0, 0.1) is 6.92 Å². The first-order chi connectivity index (χ1) is 11.2. The quantitative estimate of drug-likeness (QED) is 0.638. The smallest absolute Gasteiger partial charge is 0.363 e. The number of ether oxygens (including phenoxy) is 2. The van der Waals surface area contributed by atoms with Crippen molar-refractivity contribution >= 4 is 17.9 Å². The van der Waals surface area contributed by atoms with Crippen molar-refractivity contribution in [2.24, 2.45) is 4.99 Å². The van der Waals surface area contributed by atoms with Crippen LogP contribution < -0.4 is 4.74 Å². The van der Waals surface area contributed by atoms with Crippen molar-refractivity contribution in [2.45, 2.75) is 13.8 Å². The van der Waals surface area contributed by atoms with Gasteiger partial charge < -0.3 is 9.47 Å². The molecule has 0 fully saturated rings. The van der Waals surface area contributed by atoms with Gasteiger partial charge in [-0.1, -0.05) is 30.3 Å². The Morgan fingerprint density at radius 1 is 1.13 bits per heavy atom. The topological polar surface area (TPSA) is 47.9 Å². The van der Waals surface area contributed by atoms with Gasteiger partial charge in [-0.15, -0.1) is 0 Å². The zero-order chi connectivity index (χ0) is 16.2. The predicted molar refractivity (Wildman–Crippen MR) is 89.4 cm³/mol. The molecule has 2 aromatic rings. The molecule has 116 valence electrons. The standard InChI is InChI=1S/C19H17NO3/c1-3-22-15-10-8-14(9-11-15)12-17-19(21)23-18(20-17)16-7-5-4-6-13(16)2/h4-12H,3H2,1-2H3/b17-12-. The van der Waals surface area contributed by atoms with E-state index in [-0.39, 0.29) is 0 Å². The number of aryl methyl sites for hydroxylation is 1. The summed E-state index contributed by atoms with van der Waals surface area (Å²) >= 11 is 0. The molecule has 0 spiro atoms. The normalized spacial score (nSPS) is 15.5. The highest BCUT2D eigenvalue weighted by atomic mass is 16.6. The van der Waals surface area contributed by atoms with E-state index in [4.69, 9.17) is 9.47 Å². The van der Waals surface area contributed by atoms with Gasteiger partial charge in [0, 0.05) is 5.56 Å². The van der Waals surface area contributed by atoms with Crippen LogP contribution in [-0.2, 0) is 9.53 Å². The van der Waals surface area contributed by atoms with E-state index in [2.05, 4.69) is 4.99 Å². The van der Waals surface area contributed by atoms with E-state index in [0.717, 1.165) is 22.4 Å². The molecule has 2 aromatic carbocycles. The number of benzene rings is 2. The van der Waals surface area contributed by atoms with Crippen LogP contribution in [0.1, 0.15) is 23.6 Å². The average Bonchev–Trinajstić information content (AvgIpc) is 2.91. The molecule has 0 aromatic heterocycles. The first kappa shape index (κ1) is 15.0. The van der Waals surface area contributed by atoms with Crippen LogP contribution in [0.25, 0.3) is 6.08 Å². The van der Waals surface area contributed by atoms with E-state index in [1.54, 1.807) is 6.08 Å². The minimum absolute atomic E-state index is 0.299. The number of esters is 1. The maximum absolute atomic E-state index is 12.0. The molecular formula is C19H17NO3. The molecule has 4 nitrogen and oxygen atoms in total. The van der Waals surface area contributed by atoms with Crippen LogP contribution >= 0.6 is 0 Å². The number of rotatable bonds is 4. The summed E-state index contributed by atoms with van der Waals surface area (Å²) in [5, 5.41) is 0. The second kappa shape index (κ2) is 6.48. The van der Waals surface area contributed by atoms with Gasteiger partial charge >= 0.3 is 5.97 Å². The van der Waals surface area contributed by atoms with Crippen LogP contribution in [0.2, 0.25) is 0 Å². The van der Waals surface area contributed by atoms with Crippen molar-refractivity contribution in [3.63, 3.8) is 0 Å². The highest BCUT2D eigenvalue weighted by molar-refractivity contribution is 6.13. The van der Waals surface area contributed by atoms with Crippen LogP contribution in [-0.4, -0.2) is 18.5 Å². The van der Waals surface area contributed by atoms with Crippen LogP contribution in [0.5, 0.6) is 5.75 Å². The largest absolute Gasteiger partial charge is 0.494 e. The van der Waals surface area contributed by atoms with Crippen molar-refractivity contribution in [1.82, 2.24) is 0 Å². The second-order valence-electron chi connectivity index (χ2n) is 5.15. The van der Waals surface area contributed by atoms with E-state index >= 15 is 0 Å². The number of hydrogen-bond donors (Lipinski definition) is 0. The number of carbonyl (C=O) groups is 1. The van der Waals surface area contributed by atoms with E-state index in [1.165, 1.54) is 0 Å². The summed E-state index contributed by atoms with van der Waals surface area (Å²) in [6, 6.07) is 15.2. The van der Waals surface area contributed by atoms with Crippen LogP contribution in [0.15, 0.2) is 59.2 Å². The fourth-order valence-corrected chi connectivity index (χ4v) is 2.32. The number of cyclic esters (lactones) is 1. The highest BCUT2D eigenvalue weighted by Gasteiger charge is 2.24. The first-order valence-corrected chi connectivity index (χ1v) is 7.49. The SMILES string of the molecule is CCOc1ccc(/C=C2\N=C(c3ccccc3C)OC2=O)cc1. The maximum Gasteiger partial charge on any atom is 0.363 e. The molecule has 0 N–H and O–H groups in total. The number of carbonyl (C=O) groups excluding carboxylic acids is 1. The lowest BCUT2D eigenvalue weighted by atomic mass is 10.1. The van der Waals surface area contributed by atoms with E-state index in [0.29, 0.717) is 18.2 Å². The maximum atomic E-state index is 12.0. The molecule has 1 aliphatic heterocycles. The Balaban J connectivity index is 1.87. The zero-order valence-electron chi connectivity index (χ0n) is 13.1. The van der Waals surface area contributed by atoms with Crippen molar-refractivity contribution in [3.8, 4) is 5.75 Å². The zero-order valence-corrected chi connectivity index (χ0v) is 13.1. The molecule has 0 saturated heterocycles. The van der Waals surface area contributed by atoms with Crippen LogP contribution in [0.4, 0.5) is 0 Å². The van der Waals surface area contributed by atoms with Crippen molar-refractivity contribution in [1.29, 1.82) is 0 Å². The molecule has 4 heteroatoms. The Kier molecular flexibility index (Phi) is 4.24. The third-order valence-corrected chi connectivity index (χ3v) is 3.49. The van der Waals surface area contributed by atoms with Gasteiger partial charge in [-0.25, -0.2) is 9.79 Å². The minimum Gasteiger partial charge on any atom is -0.494 e. The van der Waals surface area contributed by atoms with Crippen LogP contribution in [0.3, 0.4) is 0 Å². The van der Waals surface area contributed by atoms with Gasteiger partial charge in [-0.3, -0.25) is 0 Å². The number of hydrogen-bond acceptors (Lipinski definition) is 4. The Hall–Kier alpha value is -2.88. The lowest BCUT2D eigenvalue weighted by Crippen LogP contribution is -2.06. The van der Waals surface area contributed by atoms with Gasteiger partial charge in [0.2, 0.25) is 5.90 Å². The highest BCUT2D eigenvalue weighted by Crippen LogP contribution is 2.21. The summed E-state index contributed by atoms with van der Waals surface area (Å²) in [5.74, 6) is 0.718.